The van der Waals surface area contributed by atoms with Crippen molar-refractivity contribution in [2.45, 2.75) is 131 Å². The summed E-state index contributed by atoms with van der Waals surface area (Å²) in [7, 11) is 0. The lowest BCUT2D eigenvalue weighted by Crippen LogP contribution is -2.53. The number of rotatable bonds is 10. The van der Waals surface area contributed by atoms with Gasteiger partial charge in [-0.25, -0.2) is 0 Å². The summed E-state index contributed by atoms with van der Waals surface area (Å²) in [6, 6.07) is 9.12. The van der Waals surface area contributed by atoms with Gasteiger partial charge in [0, 0.05) is 11.5 Å². The van der Waals surface area contributed by atoms with E-state index in [0.717, 1.165) is 12.8 Å². The summed E-state index contributed by atoms with van der Waals surface area (Å²) in [4.78, 5) is 13.0. The van der Waals surface area contributed by atoms with E-state index in [9.17, 15) is 4.79 Å². The maximum atomic E-state index is 13.0. The van der Waals surface area contributed by atoms with Crippen LogP contribution >= 0.6 is 0 Å². The second-order valence-electron chi connectivity index (χ2n) is 13.0. The van der Waals surface area contributed by atoms with Crippen LogP contribution in [0.5, 0.6) is 0 Å². The van der Waals surface area contributed by atoms with Gasteiger partial charge in [-0.05, 0) is 67.4 Å². The van der Waals surface area contributed by atoms with Crippen molar-refractivity contribution in [1.29, 1.82) is 0 Å². The summed E-state index contributed by atoms with van der Waals surface area (Å²) in [6.45, 7) is 20.3. The lowest BCUT2D eigenvalue weighted by Gasteiger charge is -2.44. The highest BCUT2D eigenvalue weighted by atomic mass is 16.5. The molecule has 1 N–H and O–H groups in total. The number of carbonyl (C=O) groups excluding carboxylic acids is 1. The van der Waals surface area contributed by atoms with E-state index in [1.807, 2.05) is 20.8 Å². The van der Waals surface area contributed by atoms with Crippen LogP contribution in [0.4, 0.5) is 0 Å². The smallest absolute Gasteiger partial charge is 0.225 e. The molecule has 1 fully saturated rings. The van der Waals surface area contributed by atoms with Gasteiger partial charge in [-0.15, -0.1) is 0 Å². The van der Waals surface area contributed by atoms with Gasteiger partial charge in [-0.1, -0.05) is 92.0 Å². The minimum atomic E-state index is -0.360. The van der Waals surface area contributed by atoms with Gasteiger partial charge < -0.3 is 10.1 Å². The van der Waals surface area contributed by atoms with Crippen LogP contribution in [-0.2, 0) is 21.6 Å². The molecule has 3 heteroatoms. The maximum absolute atomic E-state index is 13.0. The Labute approximate surface area is 204 Å². The zero-order valence-corrected chi connectivity index (χ0v) is 23.0. The molecule has 0 saturated heterocycles. The predicted octanol–water partition coefficient (Wildman–Crippen LogP) is 7.81. The molecule has 1 aliphatic carbocycles. The Morgan fingerprint density at radius 1 is 1.00 bits per heavy atom. The molecular weight excluding hydrogens is 406 g/mol. The van der Waals surface area contributed by atoms with Crippen molar-refractivity contribution in [2.75, 3.05) is 0 Å². The average molecular weight is 458 g/mol. The second kappa shape index (κ2) is 11.4. The van der Waals surface area contributed by atoms with Crippen LogP contribution in [0.25, 0.3) is 0 Å². The molecule has 0 heterocycles. The van der Waals surface area contributed by atoms with Crippen molar-refractivity contribution >= 4 is 5.91 Å². The first-order chi connectivity index (χ1) is 15.2. The molecule has 33 heavy (non-hydrogen) atoms. The Bertz CT molecular complexity index is 751. The third-order valence-corrected chi connectivity index (χ3v) is 7.62. The Hall–Kier alpha value is -1.35. The first kappa shape index (κ1) is 27.9. The predicted molar refractivity (Wildman–Crippen MR) is 140 cm³/mol. The van der Waals surface area contributed by atoms with E-state index in [-0.39, 0.29) is 34.3 Å². The molecule has 1 amide bonds. The van der Waals surface area contributed by atoms with Gasteiger partial charge in [-0.3, -0.25) is 4.79 Å². The molecule has 0 aliphatic heterocycles. The fourth-order valence-corrected chi connectivity index (χ4v) is 5.06. The van der Waals surface area contributed by atoms with Gasteiger partial charge in [0.2, 0.25) is 5.91 Å². The highest BCUT2D eigenvalue weighted by Crippen LogP contribution is 2.41. The third-order valence-electron chi connectivity index (χ3n) is 7.62. The summed E-state index contributed by atoms with van der Waals surface area (Å²) < 4.78 is 5.83. The van der Waals surface area contributed by atoms with Gasteiger partial charge >= 0.3 is 0 Å². The number of nitrogens with one attached hydrogen (secondary N) is 1. The van der Waals surface area contributed by atoms with Crippen LogP contribution < -0.4 is 5.32 Å². The maximum Gasteiger partial charge on any atom is 0.225 e. The SMILES string of the molecule is CC(C)OCc1cccc(C(C)(C)CCC(C)(C)C(NC(=O)C(C)(C)C)C2CCCCC2)c1. The lowest BCUT2D eigenvalue weighted by molar-refractivity contribution is -0.131. The summed E-state index contributed by atoms with van der Waals surface area (Å²) in [5.74, 6) is 0.767. The standard InChI is InChI=1S/C30H51NO2/c1-22(2)33-21-23-14-13-17-25(20-23)29(6,7)18-19-30(8,9)26(24-15-11-10-12-16-24)31-27(32)28(3,4)5/h13-14,17,20,22,24,26H,10-12,15-16,18-19,21H2,1-9H3,(H,31,32). The fourth-order valence-electron chi connectivity index (χ4n) is 5.06. The Balaban J connectivity index is 2.15. The average Bonchev–Trinajstić information content (AvgIpc) is 2.74. The molecule has 1 aromatic rings. The largest absolute Gasteiger partial charge is 0.374 e. The quantitative estimate of drug-likeness (QED) is 0.389. The van der Waals surface area contributed by atoms with E-state index in [4.69, 9.17) is 4.74 Å². The first-order valence-electron chi connectivity index (χ1n) is 13.2. The van der Waals surface area contributed by atoms with Crippen LogP contribution in [-0.4, -0.2) is 18.1 Å². The van der Waals surface area contributed by atoms with Crippen molar-refractivity contribution in [3.8, 4) is 0 Å². The molecule has 1 unspecified atom stereocenters. The highest BCUT2D eigenvalue weighted by Gasteiger charge is 2.39. The molecule has 2 rings (SSSR count). The van der Waals surface area contributed by atoms with Crippen LogP contribution in [0.3, 0.4) is 0 Å². The monoisotopic (exact) mass is 457 g/mol. The van der Waals surface area contributed by atoms with Gasteiger partial charge in [0.15, 0.2) is 0 Å². The fraction of sp³-hybridized carbons (Fsp3) is 0.767. The molecule has 1 saturated carbocycles. The minimum Gasteiger partial charge on any atom is -0.374 e. The Kier molecular flexibility index (Phi) is 9.62. The molecule has 0 radical (unpaired) electrons. The lowest BCUT2D eigenvalue weighted by atomic mass is 9.67. The first-order valence-corrected chi connectivity index (χ1v) is 13.2. The number of benzene rings is 1. The van der Waals surface area contributed by atoms with Crippen LogP contribution in [0.15, 0.2) is 24.3 Å². The molecule has 0 aromatic heterocycles. The number of carbonyl (C=O) groups is 1. The number of amides is 1. The molecule has 0 spiro atoms. The summed E-state index contributed by atoms with van der Waals surface area (Å²) in [5, 5.41) is 3.52. The zero-order valence-electron chi connectivity index (χ0n) is 23.0. The summed E-state index contributed by atoms with van der Waals surface area (Å²) >= 11 is 0. The molecular formula is C30H51NO2. The molecule has 1 atom stereocenters. The molecule has 1 aliphatic rings. The van der Waals surface area contributed by atoms with E-state index < -0.39 is 0 Å². The van der Waals surface area contributed by atoms with E-state index >= 15 is 0 Å². The normalized spacial score (nSPS) is 17.3. The van der Waals surface area contributed by atoms with Gasteiger partial charge in [0.25, 0.3) is 0 Å². The van der Waals surface area contributed by atoms with Crippen molar-refractivity contribution in [2.24, 2.45) is 16.7 Å². The van der Waals surface area contributed by atoms with Crippen LogP contribution in [0, 0.1) is 16.7 Å². The van der Waals surface area contributed by atoms with Gasteiger partial charge in [0.1, 0.15) is 0 Å². The third kappa shape index (κ3) is 8.42. The summed E-state index contributed by atoms with van der Waals surface area (Å²) in [6.07, 6.45) is 8.79. The topological polar surface area (TPSA) is 38.3 Å². The molecule has 188 valence electrons. The van der Waals surface area contributed by atoms with Crippen molar-refractivity contribution in [3.05, 3.63) is 35.4 Å². The number of hydrogen-bond acceptors (Lipinski definition) is 2. The minimum absolute atomic E-state index is 0.0402. The Morgan fingerprint density at radius 3 is 2.21 bits per heavy atom. The van der Waals surface area contributed by atoms with Crippen molar-refractivity contribution in [3.63, 3.8) is 0 Å². The van der Waals surface area contributed by atoms with Crippen molar-refractivity contribution < 1.29 is 9.53 Å². The van der Waals surface area contributed by atoms with Crippen LogP contribution in [0.2, 0.25) is 0 Å². The van der Waals surface area contributed by atoms with E-state index in [0.29, 0.717) is 12.5 Å². The highest BCUT2D eigenvalue weighted by molar-refractivity contribution is 5.81. The number of ether oxygens (including phenoxy) is 1. The van der Waals surface area contributed by atoms with E-state index in [2.05, 4.69) is 71.1 Å². The number of hydrogen-bond donors (Lipinski definition) is 1. The molecule has 3 nitrogen and oxygen atoms in total. The van der Waals surface area contributed by atoms with E-state index in [1.165, 1.54) is 43.2 Å². The van der Waals surface area contributed by atoms with Crippen molar-refractivity contribution in [1.82, 2.24) is 5.32 Å². The van der Waals surface area contributed by atoms with E-state index in [1.54, 1.807) is 0 Å². The molecule has 1 aromatic carbocycles. The zero-order chi connectivity index (χ0) is 24.9. The molecule has 0 bridgehead atoms. The van der Waals surface area contributed by atoms with Crippen LogP contribution in [0.1, 0.15) is 118 Å². The summed E-state index contributed by atoms with van der Waals surface area (Å²) in [5.41, 5.74) is 2.36. The van der Waals surface area contributed by atoms with Gasteiger partial charge in [0.05, 0.1) is 12.7 Å². The second-order valence-corrected chi connectivity index (χ2v) is 13.0. The Morgan fingerprint density at radius 2 is 1.64 bits per heavy atom. The van der Waals surface area contributed by atoms with Gasteiger partial charge in [-0.2, -0.15) is 0 Å².